The number of nitriles is 1. The van der Waals surface area contributed by atoms with Crippen LogP contribution in [0.25, 0.3) is 0 Å². The number of carbonyl (C=O) groups excluding carboxylic acids is 1. The lowest BCUT2D eigenvalue weighted by molar-refractivity contribution is -0.139. The molecule has 0 spiro atoms. The first-order chi connectivity index (χ1) is 9.47. The van der Waals surface area contributed by atoms with E-state index in [2.05, 4.69) is 26.6 Å². The van der Waals surface area contributed by atoms with E-state index in [0.717, 1.165) is 0 Å². The summed E-state index contributed by atoms with van der Waals surface area (Å²) in [6.07, 6.45) is -0.103. The van der Waals surface area contributed by atoms with Gasteiger partial charge in [0.25, 0.3) is 0 Å². The molecule has 106 valence electrons. The van der Waals surface area contributed by atoms with Crippen LogP contribution in [-0.4, -0.2) is 34.9 Å². The van der Waals surface area contributed by atoms with Crippen molar-refractivity contribution >= 4 is 33.6 Å². The molecule has 1 aromatic carbocycles. The lowest BCUT2D eigenvalue weighted by atomic mass is 10.2. The molecule has 0 fully saturated rings. The monoisotopic (exact) mass is 341 g/mol. The summed E-state index contributed by atoms with van der Waals surface area (Å²) in [7, 11) is 0. The molecule has 0 aliphatic carbocycles. The highest BCUT2D eigenvalue weighted by Crippen LogP contribution is 2.20. The number of hydrogen-bond acceptors (Lipinski definition) is 4. The second-order valence-electron chi connectivity index (χ2n) is 3.80. The number of urea groups is 1. The number of hydrogen-bond donors (Lipinski definition) is 4. The normalized spacial score (nSPS) is 11.2. The fraction of sp³-hybridized carbons (Fsp3) is 0.250. The van der Waals surface area contributed by atoms with Crippen molar-refractivity contribution in [2.45, 2.75) is 12.5 Å². The Morgan fingerprint density at radius 3 is 2.70 bits per heavy atom. The number of carboxylic acid groups (broad SMARTS) is 1. The first-order valence-electron chi connectivity index (χ1n) is 5.58. The molecule has 4 N–H and O–H groups in total. The quantitative estimate of drug-likeness (QED) is 0.642. The minimum atomic E-state index is -1.24. The van der Waals surface area contributed by atoms with Gasteiger partial charge in [-0.05, 0) is 18.2 Å². The van der Waals surface area contributed by atoms with Gasteiger partial charge < -0.3 is 20.8 Å². The van der Waals surface area contributed by atoms with E-state index in [9.17, 15) is 9.59 Å². The number of nitrogens with one attached hydrogen (secondary N) is 2. The maximum atomic E-state index is 11.7. The molecule has 0 saturated carbocycles. The number of aliphatic hydroxyl groups is 1. The summed E-state index contributed by atoms with van der Waals surface area (Å²) in [5.41, 5.74) is 0.505. The first kappa shape index (κ1) is 15.9. The molecule has 0 radical (unpaired) electrons. The van der Waals surface area contributed by atoms with E-state index in [-0.39, 0.29) is 24.3 Å². The average Bonchev–Trinajstić information content (AvgIpc) is 2.40. The number of rotatable bonds is 5. The zero-order valence-corrected chi connectivity index (χ0v) is 11.8. The van der Waals surface area contributed by atoms with E-state index in [4.69, 9.17) is 15.5 Å². The lowest BCUT2D eigenvalue weighted by Crippen LogP contribution is -2.43. The summed E-state index contributed by atoms with van der Waals surface area (Å²) >= 11 is 3.20. The van der Waals surface area contributed by atoms with Crippen molar-refractivity contribution in [2.75, 3.05) is 11.9 Å². The van der Waals surface area contributed by atoms with Gasteiger partial charge in [-0.2, -0.15) is 5.26 Å². The van der Waals surface area contributed by atoms with E-state index >= 15 is 0 Å². The van der Waals surface area contributed by atoms with E-state index in [0.29, 0.717) is 4.47 Å². The maximum absolute atomic E-state index is 11.7. The number of amides is 2. The van der Waals surface area contributed by atoms with Gasteiger partial charge in [-0.3, -0.25) is 0 Å². The third-order valence-corrected chi connectivity index (χ3v) is 2.86. The summed E-state index contributed by atoms with van der Waals surface area (Å²) in [4.78, 5) is 22.5. The Balaban J connectivity index is 2.76. The molecule has 0 aliphatic heterocycles. The van der Waals surface area contributed by atoms with E-state index in [1.807, 2.05) is 6.07 Å². The highest BCUT2D eigenvalue weighted by Gasteiger charge is 2.19. The van der Waals surface area contributed by atoms with Crippen molar-refractivity contribution in [2.24, 2.45) is 0 Å². The van der Waals surface area contributed by atoms with E-state index in [1.165, 1.54) is 12.1 Å². The molecule has 0 aromatic heterocycles. The average molecular weight is 342 g/mol. The molecule has 0 heterocycles. The molecule has 1 unspecified atom stereocenters. The summed E-state index contributed by atoms with van der Waals surface area (Å²) in [5.74, 6) is -1.24. The fourth-order valence-electron chi connectivity index (χ4n) is 1.42. The standard InChI is InChI=1S/C12H12BrN3O4/c13-8-1-2-9(7(5-8)6-14)15-12(20)16-10(3-4-17)11(18)19/h1-2,5,10,17H,3-4H2,(H,18,19)(H2,15,16,20). The Hall–Kier alpha value is -2.11. The van der Waals surface area contributed by atoms with Crippen molar-refractivity contribution in [1.82, 2.24) is 5.32 Å². The number of halogens is 1. The van der Waals surface area contributed by atoms with Gasteiger partial charge in [-0.25, -0.2) is 9.59 Å². The van der Waals surface area contributed by atoms with Gasteiger partial charge in [-0.15, -0.1) is 0 Å². The molecule has 0 saturated heterocycles. The zero-order valence-electron chi connectivity index (χ0n) is 10.3. The van der Waals surface area contributed by atoms with Crippen LogP contribution < -0.4 is 10.6 Å². The Kier molecular flexibility index (Phi) is 5.96. The summed E-state index contributed by atoms with van der Waals surface area (Å²) in [6.45, 7) is -0.362. The predicted molar refractivity (Wildman–Crippen MR) is 74.1 cm³/mol. The van der Waals surface area contributed by atoms with Gasteiger partial charge in [-0.1, -0.05) is 15.9 Å². The third kappa shape index (κ3) is 4.53. The fourth-order valence-corrected chi connectivity index (χ4v) is 1.78. The van der Waals surface area contributed by atoms with Crippen LogP contribution in [0.4, 0.5) is 10.5 Å². The maximum Gasteiger partial charge on any atom is 0.326 e. The summed E-state index contributed by atoms with van der Waals surface area (Å²) in [5, 5.41) is 31.1. The molecule has 2 amide bonds. The second kappa shape index (κ2) is 7.47. The molecule has 20 heavy (non-hydrogen) atoms. The molecule has 1 aromatic rings. The van der Waals surface area contributed by atoms with Gasteiger partial charge in [0, 0.05) is 17.5 Å². The van der Waals surface area contributed by atoms with Crippen molar-refractivity contribution in [1.29, 1.82) is 5.26 Å². The van der Waals surface area contributed by atoms with Gasteiger partial charge >= 0.3 is 12.0 Å². The lowest BCUT2D eigenvalue weighted by Gasteiger charge is -2.14. The molecular weight excluding hydrogens is 330 g/mol. The van der Waals surface area contributed by atoms with Crippen LogP contribution in [0.2, 0.25) is 0 Å². The van der Waals surface area contributed by atoms with E-state index in [1.54, 1.807) is 6.07 Å². The molecule has 8 heteroatoms. The smallest absolute Gasteiger partial charge is 0.326 e. The minimum Gasteiger partial charge on any atom is -0.480 e. The Morgan fingerprint density at radius 1 is 1.45 bits per heavy atom. The van der Waals surface area contributed by atoms with Gasteiger partial charge in [0.05, 0.1) is 11.3 Å². The van der Waals surface area contributed by atoms with Gasteiger partial charge in [0.1, 0.15) is 12.1 Å². The number of carbonyl (C=O) groups is 2. The van der Waals surface area contributed by atoms with Crippen molar-refractivity contribution < 1.29 is 19.8 Å². The molecule has 0 aliphatic rings. The number of aliphatic hydroxyl groups excluding tert-OH is 1. The largest absolute Gasteiger partial charge is 0.480 e. The van der Waals surface area contributed by atoms with Crippen LogP contribution >= 0.6 is 15.9 Å². The summed E-state index contributed by atoms with van der Waals surface area (Å²) in [6, 6.07) is 4.64. The number of aliphatic carboxylic acids is 1. The van der Waals surface area contributed by atoms with Gasteiger partial charge in [0.15, 0.2) is 0 Å². The van der Waals surface area contributed by atoms with Crippen LogP contribution in [0.1, 0.15) is 12.0 Å². The highest BCUT2D eigenvalue weighted by molar-refractivity contribution is 9.10. The molecule has 1 rings (SSSR count). The van der Waals surface area contributed by atoms with Crippen LogP contribution in [0.15, 0.2) is 22.7 Å². The highest BCUT2D eigenvalue weighted by atomic mass is 79.9. The Bertz CT molecular complexity index is 556. The van der Waals surface area contributed by atoms with Crippen LogP contribution in [0.3, 0.4) is 0 Å². The van der Waals surface area contributed by atoms with Crippen molar-refractivity contribution in [3.8, 4) is 6.07 Å². The van der Waals surface area contributed by atoms with E-state index < -0.39 is 18.0 Å². The molecular formula is C12H12BrN3O4. The molecule has 1 atom stereocenters. The molecule has 7 nitrogen and oxygen atoms in total. The van der Waals surface area contributed by atoms with Crippen LogP contribution in [0, 0.1) is 11.3 Å². The Morgan fingerprint density at radius 2 is 2.15 bits per heavy atom. The second-order valence-corrected chi connectivity index (χ2v) is 4.72. The Labute approximate surface area is 123 Å². The van der Waals surface area contributed by atoms with Crippen LogP contribution in [-0.2, 0) is 4.79 Å². The SMILES string of the molecule is N#Cc1cc(Br)ccc1NC(=O)NC(CCO)C(=O)O. The predicted octanol–water partition coefficient (Wildman–Crippen LogP) is 1.28. The minimum absolute atomic E-state index is 0.103. The number of carboxylic acids is 1. The topological polar surface area (TPSA) is 122 Å². The van der Waals surface area contributed by atoms with Crippen LogP contribution in [0.5, 0.6) is 0 Å². The summed E-state index contributed by atoms with van der Waals surface area (Å²) < 4.78 is 0.684. The van der Waals surface area contributed by atoms with Gasteiger partial charge in [0.2, 0.25) is 0 Å². The first-order valence-corrected chi connectivity index (χ1v) is 6.38. The zero-order chi connectivity index (χ0) is 15.1. The van der Waals surface area contributed by atoms with Crippen molar-refractivity contribution in [3.05, 3.63) is 28.2 Å². The number of anilines is 1. The third-order valence-electron chi connectivity index (χ3n) is 2.37. The van der Waals surface area contributed by atoms with Crippen molar-refractivity contribution in [3.63, 3.8) is 0 Å². The number of nitrogens with zero attached hydrogens (tertiary/aromatic N) is 1. The number of benzene rings is 1. The molecule has 0 bridgehead atoms.